The molecule has 0 aromatic carbocycles. The summed E-state index contributed by atoms with van der Waals surface area (Å²) in [6.07, 6.45) is 7.17. The zero-order valence-corrected chi connectivity index (χ0v) is 14.7. The molecular formula is C17H28N4S. The zero-order valence-electron chi connectivity index (χ0n) is 13.9. The zero-order chi connectivity index (χ0) is 15.1. The van der Waals surface area contributed by atoms with E-state index in [0.717, 1.165) is 29.6 Å². The highest BCUT2D eigenvalue weighted by Crippen LogP contribution is 2.35. The Morgan fingerprint density at radius 1 is 1.09 bits per heavy atom. The summed E-state index contributed by atoms with van der Waals surface area (Å²) in [6.45, 7) is 9.42. The summed E-state index contributed by atoms with van der Waals surface area (Å²) in [4.78, 5) is 5.34. The smallest absolute Gasteiger partial charge is 0.208 e. The topological polar surface area (TPSA) is 32.3 Å². The Morgan fingerprint density at radius 3 is 2.64 bits per heavy atom. The molecule has 1 saturated carbocycles. The molecule has 4 fully saturated rings. The second kappa shape index (κ2) is 6.08. The van der Waals surface area contributed by atoms with Gasteiger partial charge in [-0.1, -0.05) is 31.6 Å². The number of hydrogen-bond donors (Lipinski definition) is 0. The Balaban J connectivity index is 1.47. The molecule has 0 unspecified atom stereocenters. The first-order valence-corrected chi connectivity index (χ1v) is 9.83. The van der Waals surface area contributed by atoms with Crippen molar-refractivity contribution in [3.8, 4) is 0 Å². The standard InChI is InChI=1S/C17H28N4S/c1-12(2)16-18-19-17(22-16)21-10-14-6-7-15(11-21)20(9-14)8-13-4-3-5-13/h12-15H,3-11H2,1-2H3/t14-,15-/m0/s1. The monoisotopic (exact) mass is 320 g/mol. The van der Waals surface area contributed by atoms with Crippen molar-refractivity contribution in [2.75, 3.05) is 31.1 Å². The largest absolute Gasteiger partial charge is 0.345 e. The number of fused-ring (bicyclic) bond motifs is 4. The number of piperidine rings is 1. The summed E-state index contributed by atoms with van der Waals surface area (Å²) in [5.41, 5.74) is 0. The minimum absolute atomic E-state index is 0.491. The highest BCUT2D eigenvalue weighted by atomic mass is 32.1. The maximum Gasteiger partial charge on any atom is 0.208 e. The van der Waals surface area contributed by atoms with Crippen LogP contribution in [-0.2, 0) is 0 Å². The van der Waals surface area contributed by atoms with Gasteiger partial charge in [0.25, 0.3) is 0 Å². The molecule has 122 valence electrons. The number of rotatable bonds is 4. The van der Waals surface area contributed by atoms with E-state index >= 15 is 0 Å². The molecule has 2 atom stereocenters. The Labute approximate surface area is 137 Å². The molecule has 5 rings (SSSR count). The highest BCUT2D eigenvalue weighted by molar-refractivity contribution is 7.15. The van der Waals surface area contributed by atoms with Crippen molar-refractivity contribution in [1.29, 1.82) is 0 Å². The molecular weight excluding hydrogens is 292 g/mol. The molecule has 3 aliphatic heterocycles. The van der Waals surface area contributed by atoms with Crippen LogP contribution < -0.4 is 4.90 Å². The average Bonchev–Trinajstić information content (AvgIpc) is 2.78. The average molecular weight is 321 g/mol. The summed E-state index contributed by atoms with van der Waals surface area (Å²) < 4.78 is 0. The lowest BCUT2D eigenvalue weighted by molar-refractivity contribution is 0.0917. The van der Waals surface area contributed by atoms with E-state index in [9.17, 15) is 0 Å². The van der Waals surface area contributed by atoms with E-state index in [1.807, 2.05) is 0 Å². The maximum atomic E-state index is 4.49. The lowest BCUT2D eigenvalue weighted by Crippen LogP contribution is -2.46. The van der Waals surface area contributed by atoms with E-state index in [2.05, 4.69) is 33.8 Å². The molecule has 1 aromatic rings. The Bertz CT molecular complexity index is 511. The number of anilines is 1. The SMILES string of the molecule is CC(C)c1nnc(N2C[C@H]3CC[C@@H](C2)N(CC2CCC2)C3)s1. The highest BCUT2D eigenvalue weighted by Gasteiger charge is 2.37. The fourth-order valence-corrected chi connectivity index (χ4v) is 5.02. The van der Waals surface area contributed by atoms with Gasteiger partial charge in [0, 0.05) is 38.1 Å². The van der Waals surface area contributed by atoms with Gasteiger partial charge in [0.15, 0.2) is 0 Å². The quantitative estimate of drug-likeness (QED) is 0.851. The molecule has 1 aliphatic carbocycles. The van der Waals surface area contributed by atoms with Gasteiger partial charge < -0.3 is 4.90 Å². The summed E-state index contributed by atoms with van der Waals surface area (Å²) in [7, 11) is 0. The second-order valence-corrected chi connectivity index (χ2v) is 8.82. The van der Waals surface area contributed by atoms with E-state index in [-0.39, 0.29) is 0 Å². The van der Waals surface area contributed by atoms with Gasteiger partial charge in [0.05, 0.1) is 0 Å². The van der Waals surface area contributed by atoms with Crippen LogP contribution in [0.2, 0.25) is 0 Å². The minimum Gasteiger partial charge on any atom is -0.345 e. The van der Waals surface area contributed by atoms with Crippen LogP contribution in [0.1, 0.15) is 56.9 Å². The van der Waals surface area contributed by atoms with Crippen molar-refractivity contribution >= 4 is 16.5 Å². The second-order valence-electron chi connectivity index (χ2n) is 7.83. The first-order chi connectivity index (χ1) is 10.7. The summed E-state index contributed by atoms with van der Waals surface area (Å²) in [5.74, 6) is 2.30. The third-order valence-corrected chi connectivity index (χ3v) is 7.02. The molecule has 0 N–H and O–H groups in total. The fraction of sp³-hybridized carbons (Fsp3) is 0.882. The summed E-state index contributed by atoms with van der Waals surface area (Å²) in [6, 6.07) is 0.741. The molecule has 1 aromatic heterocycles. The lowest BCUT2D eigenvalue weighted by Gasteiger charge is -2.40. The first-order valence-electron chi connectivity index (χ1n) is 9.01. The van der Waals surface area contributed by atoms with Crippen molar-refractivity contribution in [1.82, 2.24) is 15.1 Å². The van der Waals surface area contributed by atoms with Crippen molar-refractivity contribution in [2.24, 2.45) is 11.8 Å². The molecule has 4 heterocycles. The summed E-state index contributed by atoms with van der Waals surface area (Å²) in [5, 5.41) is 11.2. The van der Waals surface area contributed by atoms with Gasteiger partial charge >= 0.3 is 0 Å². The summed E-state index contributed by atoms with van der Waals surface area (Å²) >= 11 is 1.80. The Hall–Kier alpha value is -0.680. The van der Waals surface area contributed by atoms with Crippen LogP contribution in [-0.4, -0.2) is 47.3 Å². The Morgan fingerprint density at radius 2 is 1.95 bits per heavy atom. The van der Waals surface area contributed by atoms with E-state index in [1.54, 1.807) is 11.3 Å². The van der Waals surface area contributed by atoms with Crippen LogP contribution in [0.3, 0.4) is 0 Å². The van der Waals surface area contributed by atoms with Crippen molar-refractivity contribution in [3.05, 3.63) is 5.01 Å². The van der Waals surface area contributed by atoms with Gasteiger partial charge in [0.2, 0.25) is 5.13 Å². The van der Waals surface area contributed by atoms with E-state index in [1.165, 1.54) is 56.7 Å². The molecule has 0 radical (unpaired) electrons. The Kier molecular flexibility index (Phi) is 4.11. The lowest BCUT2D eigenvalue weighted by atomic mass is 9.83. The van der Waals surface area contributed by atoms with Gasteiger partial charge in [-0.15, -0.1) is 10.2 Å². The predicted octanol–water partition coefficient (Wildman–Crippen LogP) is 3.36. The molecule has 3 saturated heterocycles. The van der Waals surface area contributed by atoms with Crippen molar-refractivity contribution in [3.63, 3.8) is 0 Å². The van der Waals surface area contributed by atoms with Gasteiger partial charge in [-0.05, 0) is 37.5 Å². The molecule has 4 nitrogen and oxygen atoms in total. The van der Waals surface area contributed by atoms with E-state index < -0.39 is 0 Å². The molecule has 4 aliphatic rings. The first kappa shape index (κ1) is 14.9. The fourth-order valence-electron chi connectivity index (χ4n) is 4.15. The predicted molar refractivity (Wildman–Crippen MR) is 91.6 cm³/mol. The normalized spacial score (nSPS) is 29.9. The number of hydrogen-bond acceptors (Lipinski definition) is 5. The van der Waals surface area contributed by atoms with Crippen LogP contribution in [0.4, 0.5) is 5.13 Å². The molecule has 2 bridgehead atoms. The van der Waals surface area contributed by atoms with Crippen LogP contribution in [0.15, 0.2) is 0 Å². The minimum atomic E-state index is 0.491. The molecule has 0 amide bonds. The van der Waals surface area contributed by atoms with E-state index in [0.29, 0.717) is 5.92 Å². The molecule has 5 heteroatoms. The maximum absolute atomic E-state index is 4.49. The van der Waals surface area contributed by atoms with Gasteiger partial charge in [-0.25, -0.2) is 0 Å². The van der Waals surface area contributed by atoms with Crippen molar-refractivity contribution < 1.29 is 0 Å². The van der Waals surface area contributed by atoms with Crippen LogP contribution in [0, 0.1) is 11.8 Å². The van der Waals surface area contributed by atoms with Crippen molar-refractivity contribution in [2.45, 2.75) is 57.9 Å². The van der Waals surface area contributed by atoms with Gasteiger partial charge in [-0.3, -0.25) is 4.90 Å². The third kappa shape index (κ3) is 2.90. The van der Waals surface area contributed by atoms with Gasteiger partial charge in [-0.2, -0.15) is 0 Å². The van der Waals surface area contributed by atoms with Crippen LogP contribution in [0.5, 0.6) is 0 Å². The van der Waals surface area contributed by atoms with Crippen LogP contribution in [0.25, 0.3) is 0 Å². The number of aromatic nitrogens is 2. The number of nitrogens with zero attached hydrogens (tertiary/aromatic N) is 4. The van der Waals surface area contributed by atoms with Gasteiger partial charge in [0.1, 0.15) is 5.01 Å². The molecule has 22 heavy (non-hydrogen) atoms. The third-order valence-electron chi connectivity index (χ3n) is 5.74. The van der Waals surface area contributed by atoms with Crippen LogP contribution >= 0.6 is 11.3 Å². The molecule has 0 spiro atoms. The van der Waals surface area contributed by atoms with E-state index in [4.69, 9.17) is 0 Å².